The number of hydrogen-bond acceptors (Lipinski definition) is 3. The minimum absolute atomic E-state index is 0.790. The molecule has 1 fully saturated rings. The Kier molecular flexibility index (Phi) is 5.86. The molecule has 1 aromatic heterocycles. The third kappa shape index (κ3) is 4.81. The van der Waals surface area contributed by atoms with Crippen molar-refractivity contribution in [2.24, 2.45) is 5.92 Å². The average molecular weight is 324 g/mol. The van der Waals surface area contributed by atoms with E-state index in [0.717, 1.165) is 36.9 Å². The van der Waals surface area contributed by atoms with Crippen LogP contribution in [-0.4, -0.2) is 36.1 Å². The number of nitrogens with zero attached hydrogens (tertiary/aromatic N) is 2. The number of ether oxygens (including phenoxy) is 1. The van der Waals surface area contributed by atoms with E-state index in [1.807, 2.05) is 19.2 Å². The maximum Gasteiger partial charge on any atom is 0.119 e. The van der Waals surface area contributed by atoms with E-state index in [2.05, 4.69) is 47.1 Å². The monoisotopic (exact) mass is 324 g/mol. The second-order valence-corrected chi connectivity index (χ2v) is 6.96. The van der Waals surface area contributed by atoms with Crippen LogP contribution in [0, 0.1) is 12.8 Å². The molecule has 0 bridgehead atoms. The van der Waals surface area contributed by atoms with Gasteiger partial charge in [-0.05, 0) is 74.0 Å². The molecule has 1 atom stereocenters. The minimum atomic E-state index is 0.790. The van der Waals surface area contributed by atoms with Gasteiger partial charge in [0, 0.05) is 25.0 Å². The minimum Gasteiger partial charge on any atom is -0.494 e. The number of likely N-dealkylation sites (tertiary alicyclic amines) is 1. The van der Waals surface area contributed by atoms with E-state index in [1.165, 1.54) is 37.1 Å². The van der Waals surface area contributed by atoms with Crippen LogP contribution in [0.1, 0.15) is 31.9 Å². The standard InChI is InChI=1S/C21H28N2O/c1-17-5-3-12-23(16-17)13-4-14-24-21-8-6-19(7-9-21)20-10-11-22-18(2)15-20/h6-11,15,17H,3-5,12-14,16H2,1-2H3. The lowest BCUT2D eigenvalue weighted by Crippen LogP contribution is -2.35. The molecule has 1 aliphatic heterocycles. The van der Waals surface area contributed by atoms with Crippen molar-refractivity contribution in [1.29, 1.82) is 0 Å². The van der Waals surface area contributed by atoms with Gasteiger partial charge < -0.3 is 9.64 Å². The van der Waals surface area contributed by atoms with E-state index < -0.39 is 0 Å². The number of pyridine rings is 1. The van der Waals surface area contributed by atoms with E-state index in [4.69, 9.17) is 4.74 Å². The van der Waals surface area contributed by atoms with Crippen molar-refractivity contribution in [2.75, 3.05) is 26.2 Å². The predicted molar refractivity (Wildman–Crippen MR) is 99.4 cm³/mol. The van der Waals surface area contributed by atoms with Gasteiger partial charge in [0.25, 0.3) is 0 Å². The van der Waals surface area contributed by atoms with Crippen molar-refractivity contribution < 1.29 is 4.74 Å². The summed E-state index contributed by atoms with van der Waals surface area (Å²) in [7, 11) is 0. The number of aryl methyl sites for hydroxylation is 1. The van der Waals surface area contributed by atoms with Crippen molar-refractivity contribution in [3.05, 3.63) is 48.3 Å². The van der Waals surface area contributed by atoms with Crippen LogP contribution in [0.15, 0.2) is 42.6 Å². The van der Waals surface area contributed by atoms with Crippen LogP contribution in [0.3, 0.4) is 0 Å². The molecular formula is C21H28N2O. The molecule has 1 aromatic carbocycles. The van der Waals surface area contributed by atoms with E-state index in [-0.39, 0.29) is 0 Å². The summed E-state index contributed by atoms with van der Waals surface area (Å²) in [4.78, 5) is 6.82. The molecule has 0 spiro atoms. The highest BCUT2D eigenvalue weighted by Crippen LogP contribution is 2.22. The Labute approximate surface area is 145 Å². The summed E-state index contributed by atoms with van der Waals surface area (Å²) < 4.78 is 5.90. The van der Waals surface area contributed by atoms with Gasteiger partial charge in [-0.1, -0.05) is 19.1 Å². The fourth-order valence-electron chi connectivity index (χ4n) is 3.44. The summed E-state index contributed by atoms with van der Waals surface area (Å²) in [6, 6.07) is 12.5. The Balaban J connectivity index is 1.45. The van der Waals surface area contributed by atoms with Gasteiger partial charge in [-0.3, -0.25) is 4.98 Å². The molecule has 1 aliphatic rings. The first-order valence-corrected chi connectivity index (χ1v) is 9.09. The van der Waals surface area contributed by atoms with Gasteiger partial charge in [0.05, 0.1) is 6.61 Å². The van der Waals surface area contributed by atoms with Crippen LogP contribution in [0.25, 0.3) is 11.1 Å². The molecule has 3 nitrogen and oxygen atoms in total. The fourth-order valence-corrected chi connectivity index (χ4v) is 3.44. The van der Waals surface area contributed by atoms with Gasteiger partial charge in [0.15, 0.2) is 0 Å². The molecule has 0 amide bonds. The normalized spacial score (nSPS) is 18.5. The predicted octanol–water partition coefficient (Wildman–Crippen LogP) is 4.56. The van der Waals surface area contributed by atoms with Gasteiger partial charge in [-0.25, -0.2) is 0 Å². The molecule has 1 saturated heterocycles. The summed E-state index contributed by atoms with van der Waals surface area (Å²) in [6.07, 6.45) is 5.68. The second kappa shape index (κ2) is 8.29. The summed E-state index contributed by atoms with van der Waals surface area (Å²) in [6.45, 7) is 8.82. The van der Waals surface area contributed by atoms with Gasteiger partial charge >= 0.3 is 0 Å². The molecule has 0 radical (unpaired) electrons. The Morgan fingerprint density at radius 1 is 1.17 bits per heavy atom. The van der Waals surface area contributed by atoms with E-state index >= 15 is 0 Å². The van der Waals surface area contributed by atoms with E-state index in [9.17, 15) is 0 Å². The number of rotatable bonds is 6. The molecule has 0 N–H and O–H groups in total. The molecule has 3 heteroatoms. The average Bonchev–Trinajstić information content (AvgIpc) is 2.59. The van der Waals surface area contributed by atoms with Crippen LogP contribution in [-0.2, 0) is 0 Å². The van der Waals surface area contributed by atoms with Crippen molar-refractivity contribution in [1.82, 2.24) is 9.88 Å². The highest BCUT2D eigenvalue weighted by Gasteiger charge is 2.15. The third-order valence-corrected chi connectivity index (χ3v) is 4.71. The van der Waals surface area contributed by atoms with E-state index in [0.29, 0.717) is 0 Å². The van der Waals surface area contributed by atoms with Gasteiger partial charge in [-0.15, -0.1) is 0 Å². The molecular weight excluding hydrogens is 296 g/mol. The van der Waals surface area contributed by atoms with Gasteiger partial charge in [0.2, 0.25) is 0 Å². The number of hydrogen-bond donors (Lipinski definition) is 0. The lowest BCUT2D eigenvalue weighted by Gasteiger charge is -2.30. The highest BCUT2D eigenvalue weighted by atomic mass is 16.5. The summed E-state index contributed by atoms with van der Waals surface area (Å²) in [5, 5.41) is 0. The van der Waals surface area contributed by atoms with Crippen LogP contribution >= 0.6 is 0 Å². The maximum absolute atomic E-state index is 5.90. The van der Waals surface area contributed by atoms with Crippen LogP contribution in [0.5, 0.6) is 5.75 Å². The van der Waals surface area contributed by atoms with Crippen LogP contribution in [0.2, 0.25) is 0 Å². The topological polar surface area (TPSA) is 25.4 Å². The highest BCUT2D eigenvalue weighted by molar-refractivity contribution is 5.64. The molecule has 0 saturated carbocycles. The first kappa shape index (κ1) is 17.0. The molecule has 0 aliphatic carbocycles. The first-order chi connectivity index (χ1) is 11.7. The summed E-state index contributed by atoms with van der Waals surface area (Å²) in [5.41, 5.74) is 3.45. The first-order valence-electron chi connectivity index (χ1n) is 9.09. The van der Waals surface area contributed by atoms with E-state index in [1.54, 1.807) is 0 Å². The van der Waals surface area contributed by atoms with Gasteiger partial charge in [-0.2, -0.15) is 0 Å². The number of piperidine rings is 1. The molecule has 1 unspecified atom stereocenters. The number of aromatic nitrogens is 1. The Morgan fingerprint density at radius 3 is 2.75 bits per heavy atom. The zero-order chi connectivity index (χ0) is 16.8. The summed E-state index contributed by atoms with van der Waals surface area (Å²) in [5.74, 6) is 1.81. The maximum atomic E-state index is 5.90. The fraction of sp³-hybridized carbons (Fsp3) is 0.476. The van der Waals surface area contributed by atoms with Crippen molar-refractivity contribution in [3.63, 3.8) is 0 Å². The summed E-state index contributed by atoms with van der Waals surface area (Å²) >= 11 is 0. The molecule has 24 heavy (non-hydrogen) atoms. The largest absolute Gasteiger partial charge is 0.494 e. The molecule has 128 valence electrons. The Hall–Kier alpha value is -1.87. The lowest BCUT2D eigenvalue weighted by atomic mass is 10.0. The van der Waals surface area contributed by atoms with Crippen LogP contribution in [0.4, 0.5) is 0 Å². The quantitative estimate of drug-likeness (QED) is 0.729. The van der Waals surface area contributed by atoms with Crippen molar-refractivity contribution >= 4 is 0 Å². The smallest absolute Gasteiger partial charge is 0.119 e. The van der Waals surface area contributed by atoms with Gasteiger partial charge in [0.1, 0.15) is 5.75 Å². The zero-order valence-corrected chi connectivity index (χ0v) is 14.9. The SMILES string of the molecule is Cc1cc(-c2ccc(OCCCN3CCCC(C)C3)cc2)ccn1. The van der Waals surface area contributed by atoms with Crippen LogP contribution < -0.4 is 4.74 Å². The second-order valence-electron chi connectivity index (χ2n) is 6.96. The molecule has 2 aromatic rings. The Morgan fingerprint density at radius 2 is 2.00 bits per heavy atom. The molecule has 3 rings (SSSR count). The third-order valence-electron chi connectivity index (χ3n) is 4.71. The molecule has 2 heterocycles. The van der Waals surface area contributed by atoms with Crippen molar-refractivity contribution in [3.8, 4) is 16.9 Å². The lowest BCUT2D eigenvalue weighted by molar-refractivity contribution is 0.170. The van der Waals surface area contributed by atoms with Crippen molar-refractivity contribution in [2.45, 2.75) is 33.1 Å². The Bertz CT molecular complexity index is 639. The number of benzene rings is 1. The zero-order valence-electron chi connectivity index (χ0n) is 14.9.